The number of hydrogen-bond donors (Lipinski definition) is 1. The first-order chi connectivity index (χ1) is 17.3. The number of thiazole rings is 1. The fraction of sp³-hybridized carbons (Fsp3) is 0.259. The molecule has 2 aliphatic rings. The number of hydrogen-bond acceptors (Lipinski definition) is 7. The first kappa shape index (κ1) is 23.7. The van der Waals surface area contributed by atoms with E-state index in [-0.39, 0.29) is 28.7 Å². The summed E-state index contributed by atoms with van der Waals surface area (Å²) in [5, 5.41) is 2.83. The lowest BCUT2D eigenvalue weighted by molar-refractivity contribution is -0.139. The van der Waals surface area contributed by atoms with Crippen molar-refractivity contribution in [3.8, 4) is 5.75 Å². The lowest BCUT2D eigenvalue weighted by atomic mass is 9.95. The van der Waals surface area contributed by atoms with Gasteiger partial charge in [-0.25, -0.2) is 9.79 Å². The van der Waals surface area contributed by atoms with Crippen LogP contribution in [0.1, 0.15) is 44.9 Å². The molecule has 1 atom stereocenters. The van der Waals surface area contributed by atoms with Crippen LogP contribution in [-0.2, 0) is 14.3 Å². The van der Waals surface area contributed by atoms with Crippen LogP contribution in [0.4, 0.5) is 5.69 Å². The Morgan fingerprint density at radius 3 is 2.61 bits per heavy atom. The van der Waals surface area contributed by atoms with Gasteiger partial charge in [0.15, 0.2) is 4.80 Å². The second-order valence-electron chi connectivity index (χ2n) is 8.70. The standard InChI is InChI=1S/C27H25N3O5S/c1-5-34-26(33)20-15(4)28-27-30(22(20)17-11-7-9-13-19(17)35-14(2)3)25(32)23(36-27)21-16-10-6-8-12-18(16)29-24(21)31/h6-14,22H,5H2,1-4H3,(H,29,31)/b23-21-/t22-/m0/s1. The van der Waals surface area contributed by atoms with Crippen LogP contribution < -0.4 is 24.9 Å². The normalized spacial score (nSPS) is 17.9. The van der Waals surface area contributed by atoms with Crippen LogP contribution in [-0.4, -0.2) is 29.2 Å². The third kappa shape index (κ3) is 3.85. The highest BCUT2D eigenvalue weighted by atomic mass is 32.1. The maximum absolute atomic E-state index is 14.0. The van der Waals surface area contributed by atoms with Gasteiger partial charge in [-0.05, 0) is 39.8 Å². The van der Waals surface area contributed by atoms with E-state index in [4.69, 9.17) is 9.47 Å². The summed E-state index contributed by atoms with van der Waals surface area (Å²) in [6.45, 7) is 7.45. The number of anilines is 1. The van der Waals surface area contributed by atoms with Crippen molar-refractivity contribution in [2.45, 2.75) is 39.8 Å². The summed E-state index contributed by atoms with van der Waals surface area (Å²) in [5.41, 5.74) is 2.56. The molecule has 3 heterocycles. The van der Waals surface area contributed by atoms with Crippen molar-refractivity contribution in [3.05, 3.63) is 90.6 Å². The van der Waals surface area contributed by atoms with Gasteiger partial charge in [0.25, 0.3) is 11.5 Å². The lowest BCUT2D eigenvalue weighted by Crippen LogP contribution is -2.40. The quantitative estimate of drug-likeness (QED) is 0.540. The van der Waals surface area contributed by atoms with Crippen LogP contribution in [0.3, 0.4) is 0 Å². The molecule has 5 rings (SSSR count). The topological polar surface area (TPSA) is 99.0 Å². The van der Waals surface area contributed by atoms with Crippen molar-refractivity contribution in [2.75, 3.05) is 11.9 Å². The maximum Gasteiger partial charge on any atom is 0.338 e. The van der Waals surface area contributed by atoms with Crippen LogP contribution in [0.2, 0.25) is 0 Å². The van der Waals surface area contributed by atoms with Crippen LogP contribution in [0.5, 0.6) is 5.75 Å². The zero-order chi connectivity index (χ0) is 25.6. The number of esters is 1. The van der Waals surface area contributed by atoms with Crippen molar-refractivity contribution in [3.63, 3.8) is 0 Å². The molecule has 0 fully saturated rings. The van der Waals surface area contributed by atoms with Gasteiger partial charge in [-0.15, -0.1) is 0 Å². The average Bonchev–Trinajstić information content (AvgIpc) is 3.33. The highest BCUT2D eigenvalue weighted by molar-refractivity contribution is 7.07. The summed E-state index contributed by atoms with van der Waals surface area (Å²) in [6, 6.07) is 13.7. The Labute approximate surface area is 211 Å². The SMILES string of the molecule is CCOC(=O)C1=C(C)N=c2s/c(=C3\C(=O)Nc4ccccc43)c(=O)n2[C@H]1c1ccccc1OC(C)C. The number of para-hydroxylation sites is 2. The largest absolute Gasteiger partial charge is 0.491 e. The summed E-state index contributed by atoms with van der Waals surface area (Å²) in [4.78, 5) is 45.1. The van der Waals surface area contributed by atoms with Crippen LogP contribution in [0, 0.1) is 0 Å². The molecule has 0 unspecified atom stereocenters. The van der Waals surface area contributed by atoms with Gasteiger partial charge in [0, 0.05) is 16.8 Å². The number of rotatable bonds is 5. The molecule has 0 saturated carbocycles. The summed E-state index contributed by atoms with van der Waals surface area (Å²) in [5.74, 6) is -0.343. The van der Waals surface area contributed by atoms with Gasteiger partial charge in [-0.3, -0.25) is 14.2 Å². The predicted molar refractivity (Wildman–Crippen MR) is 137 cm³/mol. The predicted octanol–water partition coefficient (Wildman–Crippen LogP) is 2.91. The highest BCUT2D eigenvalue weighted by Crippen LogP contribution is 2.36. The van der Waals surface area contributed by atoms with Crippen molar-refractivity contribution >= 4 is 34.5 Å². The van der Waals surface area contributed by atoms with Crippen LogP contribution in [0.25, 0.3) is 5.57 Å². The smallest absolute Gasteiger partial charge is 0.338 e. The number of ether oxygens (including phenoxy) is 2. The molecule has 0 saturated heterocycles. The molecule has 9 heteroatoms. The molecular formula is C27H25N3O5S. The molecule has 0 bridgehead atoms. The van der Waals surface area contributed by atoms with Gasteiger partial charge in [-0.2, -0.15) is 0 Å². The molecule has 0 radical (unpaired) electrons. The third-order valence-corrected chi connectivity index (χ3v) is 7.02. The Balaban J connectivity index is 1.83. The van der Waals surface area contributed by atoms with Gasteiger partial charge in [0.2, 0.25) is 0 Å². The van der Waals surface area contributed by atoms with E-state index < -0.39 is 17.6 Å². The lowest BCUT2D eigenvalue weighted by Gasteiger charge is -2.26. The molecular weight excluding hydrogens is 478 g/mol. The minimum atomic E-state index is -0.829. The Bertz CT molecular complexity index is 1610. The van der Waals surface area contributed by atoms with Crippen molar-refractivity contribution in [1.29, 1.82) is 0 Å². The molecule has 0 spiro atoms. The van der Waals surface area contributed by atoms with Crippen LogP contribution >= 0.6 is 11.3 Å². The Morgan fingerprint density at radius 2 is 1.86 bits per heavy atom. The van der Waals surface area contributed by atoms with Gasteiger partial charge in [-0.1, -0.05) is 47.7 Å². The van der Waals surface area contributed by atoms with E-state index in [1.54, 1.807) is 26.0 Å². The Hall–Kier alpha value is -3.98. The number of benzene rings is 2. The second-order valence-corrected chi connectivity index (χ2v) is 9.68. The fourth-order valence-corrected chi connectivity index (χ4v) is 5.69. The molecule has 1 aromatic heterocycles. The number of fused-ring (bicyclic) bond motifs is 2. The molecule has 2 aromatic carbocycles. The number of nitrogens with one attached hydrogen (secondary N) is 1. The van der Waals surface area contributed by atoms with Crippen molar-refractivity contribution < 1.29 is 19.1 Å². The molecule has 1 N–H and O–H groups in total. The number of aromatic nitrogens is 1. The van der Waals surface area contributed by atoms with Gasteiger partial charge in [0.05, 0.1) is 29.6 Å². The number of carbonyl (C=O) groups is 2. The highest BCUT2D eigenvalue weighted by Gasteiger charge is 2.36. The summed E-state index contributed by atoms with van der Waals surface area (Å²) < 4.78 is 13.2. The van der Waals surface area contributed by atoms with E-state index in [0.29, 0.717) is 38.6 Å². The molecule has 3 aromatic rings. The summed E-state index contributed by atoms with van der Waals surface area (Å²) in [7, 11) is 0. The van der Waals surface area contributed by atoms with E-state index in [1.807, 2.05) is 50.2 Å². The molecule has 8 nitrogen and oxygen atoms in total. The molecule has 2 aliphatic heterocycles. The molecule has 0 aliphatic carbocycles. The van der Waals surface area contributed by atoms with E-state index >= 15 is 0 Å². The van der Waals surface area contributed by atoms with E-state index in [9.17, 15) is 14.4 Å². The Kier molecular flexibility index (Phi) is 6.09. The van der Waals surface area contributed by atoms with Gasteiger partial charge in [0.1, 0.15) is 16.3 Å². The monoisotopic (exact) mass is 503 g/mol. The zero-order valence-electron chi connectivity index (χ0n) is 20.3. The summed E-state index contributed by atoms with van der Waals surface area (Å²) >= 11 is 1.13. The first-order valence-electron chi connectivity index (χ1n) is 11.7. The van der Waals surface area contributed by atoms with E-state index in [2.05, 4.69) is 10.3 Å². The maximum atomic E-state index is 14.0. The van der Waals surface area contributed by atoms with Crippen molar-refractivity contribution in [2.24, 2.45) is 4.99 Å². The number of amides is 1. The molecule has 36 heavy (non-hydrogen) atoms. The van der Waals surface area contributed by atoms with Crippen molar-refractivity contribution in [1.82, 2.24) is 4.57 Å². The number of nitrogens with zero attached hydrogens (tertiary/aromatic N) is 2. The molecule has 1 amide bonds. The minimum Gasteiger partial charge on any atom is -0.491 e. The average molecular weight is 504 g/mol. The van der Waals surface area contributed by atoms with Crippen LogP contribution in [0.15, 0.2) is 69.6 Å². The number of allylic oxidation sites excluding steroid dienone is 1. The number of carbonyl (C=O) groups excluding carboxylic acids is 2. The van der Waals surface area contributed by atoms with Gasteiger partial charge >= 0.3 is 5.97 Å². The van der Waals surface area contributed by atoms with E-state index in [1.165, 1.54) is 4.57 Å². The van der Waals surface area contributed by atoms with Gasteiger partial charge < -0.3 is 14.8 Å². The third-order valence-electron chi connectivity index (χ3n) is 5.97. The Morgan fingerprint density at radius 1 is 1.14 bits per heavy atom. The fourth-order valence-electron chi connectivity index (χ4n) is 4.55. The zero-order valence-corrected chi connectivity index (χ0v) is 21.1. The minimum absolute atomic E-state index is 0.126. The summed E-state index contributed by atoms with van der Waals surface area (Å²) in [6.07, 6.45) is -0.126. The first-order valence-corrected chi connectivity index (χ1v) is 12.5. The molecule has 184 valence electrons. The van der Waals surface area contributed by atoms with E-state index in [0.717, 1.165) is 11.3 Å². The second kappa shape index (κ2) is 9.23.